The maximum absolute atomic E-state index is 6.39. The van der Waals surface area contributed by atoms with Crippen molar-refractivity contribution in [3.05, 3.63) is 11.7 Å². The van der Waals surface area contributed by atoms with Gasteiger partial charge in [0.25, 0.3) is 0 Å². The lowest BCUT2D eigenvalue weighted by Gasteiger charge is -1.15. The molecule has 2 heteroatoms. The highest BCUT2D eigenvalue weighted by Gasteiger charge is 1.75. The Balaban J connectivity index is 3.55. The molecule has 0 bridgehead atoms. The van der Waals surface area contributed by atoms with Crippen LogP contribution in [0.1, 0.15) is 0 Å². The van der Waals surface area contributed by atoms with Gasteiger partial charge in [0.05, 0.1) is 6.20 Å². The number of hydrogen-bond acceptors (Lipinski definition) is 2. The minimum absolute atomic E-state index is 0.417. The van der Waals surface area contributed by atoms with E-state index in [0.717, 1.165) is 0 Å². The Morgan fingerprint density at radius 3 is 2.25 bits per heavy atom. The van der Waals surface area contributed by atoms with Crippen molar-refractivity contribution in [2.75, 3.05) is 0 Å². The summed E-state index contributed by atoms with van der Waals surface area (Å²) in [7, 11) is 0. The van der Waals surface area contributed by atoms with Gasteiger partial charge in [-0.3, -0.25) is 5.41 Å². The molecule has 0 radical (unpaired) electrons. The minimum atomic E-state index is 0.417. The van der Waals surface area contributed by atoms with E-state index in [2.05, 4.69) is 4.98 Å². The summed E-state index contributed by atoms with van der Waals surface area (Å²) in [5, 5.41) is 6.39. The molecule has 0 unspecified atom stereocenters. The van der Waals surface area contributed by atoms with Gasteiger partial charge >= 0.3 is 0 Å². The smallest absolute Gasteiger partial charge is 0.163 e. The summed E-state index contributed by atoms with van der Waals surface area (Å²) in [4.78, 5) is 3.36. The number of rotatable bonds is 0. The molecule has 0 saturated carbocycles. The Kier molecular flexibility index (Phi) is 0.0914. The Hall–Kier alpha value is -0.660. The fraction of sp³-hybridized carbons (Fsp3) is 0. The number of hydrogen-bond donors (Lipinski definition) is 1. The second-order valence-corrected chi connectivity index (χ2v) is 0.643. The zero-order valence-electron chi connectivity index (χ0n) is 2.02. The molecule has 0 saturated heterocycles. The lowest BCUT2D eigenvalue weighted by atomic mass is 11.1. The Morgan fingerprint density at radius 2 is 2.25 bits per heavy atom. The summed E-state index contributed by atoms with van der Waals surface area (Å²) in [5.41, 5.74) is 0.417. The van der Waals surface area contributed by atoms with Crippen LogP contribution in [-0.2, 0) is 0 Å². The van der Waals surface area contributed by atoms with Crippen LogP contribution in [0.4, 0.5) is 0 Å². The summed E-state index contributed by atoms with van der Waals surface area (Å²) >= 11 is 0. The van der Waals surface area contributed by atoms with Gasteiger partial charge in [0.2, 0.25) is 0 Å². The first kappa shape index (κ1) is 1.64. The van der Waals surface area contributed by atoms with Gasteiger partial charge in [-0.05, 0) is 0 Å². The van der Waals surface area contributed by atoms with Crippen LogP contribution in [0.2, 0.25) is 0 Å². The van der Waals surface area contributed by atoms with Crippen LogP contribution in [0.25, 0.3) is 0 Å². The summed E-state index contributed by atoms with van der Waals surface area (Å²) < 4.78 is 0. The lowest BCUT2D eigenvalue weighted by molar-refractivity contribution is 1.30. The van der Waals surface area contributed by atoms with Crippen molar-refractivity contribution in [2.45, 2.75) is 0 Å². The fourth-order valence-electron chi connectivity index (χ4n) is 0.0323. The highest BCUT2D eigenvalue weighted by molar-refractivity contribution is 4.68. The Bertz CT molecular complexity index is 92.8. The molecular weight excluding hydrogens is 52.0 g/mol. The minimum Gasteiger partial charge on any atom is -0.282 e. The third-order valence-electron chi connectivity index (χ3n) is 0.258. The molecule has 0 fully saturated rings. The van der Waals surface area contributed by atoms with Gasteiger partial charge in [0.15, 0.2) is 5.49 Å². The van der Waals surface area contributed by atoms with Gasteiger partial charge in [-0.25, -0.2) is 4.98 Å². The molecule has 0 spiro atoms. The number of aromatic nitrogens is 1. The van der Waals surface area contributed by atoms with Crippen LogP contribution < -0.4 is 5.49 Å². The molecule has 2 nitrogen and oxygen atoms in total. The molecule has 0 aliphatic heterocycles. The zero-order chi connectivity index (χ0) is 2.99. The van der Waals surface area contributed by atoms with E-state index in [4.69, 9.17) is 5.41 Å². The average molecular weight is 54.1 g/mol. The molecule has 1 aromatic rings. The molecule has 1 rings (SSSR count). The first-order valence-corrected chi connectivity index (χ1v) is 1.02. The molecule has 4 heavy (non-hydrogen) atoms. The number of nitrogens with zero attached hydrogens (tertiary/aromatic N) is 1. The van der Waals surface area contributed by atoms with Crippen LogP contribution in [0.5, 0.6) is 0 Å². The molecule has 0 atom stereocenters. The molecule has 1 heterocycles. The van der Waals surface area contributed by atoms with Crippen molar-refractivity contribution >= 4 is 0 Å². The van der Waals surface area contributed by atoms with Crippen LogP contribution in [-0.4, -0.2) is 4.98 Å². The highest BCUT2D eigenvalue weighted by atomic mass is 14.8. The maximum Gasteiger partial charge on any atom is 0.163 e. The first-order chi connectivity index (χ1) is 1.89. The van der Waals surface area contributed by atoms with Crippen molar-refractivity contribution in [3.63, 3.8) is 0 Å². The highest BCUT2D eigenvalue weighted by Crippen LogP contribution is 1.46. The fourth-order valence-corrected chi connectivity index (χ4v) is 0.0323. The van der Waals surface area contributed by atoms with E-state index < -0.39 is 0 Å². The van der Waals surface area contributed by atoms with E-state index in [0.29, 0.717) is 5.49 Å². The molecule has 0 aromatic carbocycles. The van der Waals surface area contributed by atoms with E-state index in [-0.39, 0.29) is 0 Å². The second kappa shape index (κ2) is 0.223. The molecule has 20 valence electrons. The van der Waals surface area contributed by atoms with E-state index in [1.165, 1.54) is 6.20 Å². The van der Waals surface area contributed by atoms with Gasteiger partial charge in [-0.2, -0.15) is 0 Å². The molecule has 1 aromatic heterocycles. The van der Waals surface area contributed by atoms with E-state index in [1.807, 2.05) is 0 Å². The molecule has 1 N–H and O–H groups in total. The Labute approximate surface area is 23.3 Å². The van der Waals surface area contributed by atoms with Crippen molar-refractivity contribution in [1.29, 1.82) is 5.41 Å². The van der Waals surface area contributed by atoms with Crippen LogP contribution in [0, 0.1) is 5.41 Å². The van der Waals surface area contributed by atoms with Gasteiger partial charge in [0.1, 0.15) is 0 Å². The normalized spacial score (nSPS) is 9.00. The SMILES string of the molecule is N=c1cn1. The average Bonchev–Trinajstić information content (AvgIpc) is 1.75. The summed E-state index contributed by atoms with van der Waals surface area (Å²) in [6, 6.07) is 0. The predicted molar refractivity (Wildman–Crippen MR) is 12.5 cm³/mol. The third-order valence-corrected chi connectivity index (χ3v) is 0.258. The van der Waals surface area contributed by atoms with Crippen LogP contribution in [0.3, 0.4) is 0 Å². The van der Waals surface area contributed by atoms with E-state index in [1.54, 1.807) is 0 Å². The quantitative estimate of drug-likeness (QED) is 0.423. The van der Waals surface area contributed by atoms with Gasteiger partial charge < -0.3 is 0 Å². The van der Waals surface area contributed by atoms with Crippen molar-refractivity contribution in [3.8, 4) is 0 Å². The van der Waals surface area contributed by atoms with E-state index >= 15 is 0 Å². The number of nitrogens with one attached hydrogen (secondary N) is 1. The first-order valence-electron chi connectivity index (χ1n) is 1.02. The third kappa shape index (κ3) is 0.0283. The van der Waals surface area contributed by atoms with Crippen LogP contribution in [0.15, 0.2) is 6.20 Å². The topological polar surface area (TPSA) is 36.7 Å². The Morgan fingerprint density at radius 1 is 2.00 bits per heavy atom. The summed E-state index contributed by atoms with van der Waals surface area (Å²) in [6.07, 6.45) is 1.50. The molecule has 0 aliphatic carbocycles. The van der Waals surface area contributed by atoms with E-state index in [9.17, 15) is 0 Å². The molecule has 0 aliphatic rings. The molecular formula is C2H2N2. The lowest BCUT2D eigenvalue weighted by Crippen LogP contribution is -1.67. The second-order valence-electron chi connectivity index (χ2n) is 0.643. The summed E-state index contributed by atoms with van der Waals surface area (Å²) in [5.74, 6) is 0. The van der Waals surface area contributed by atoms with Crippen molar-refractivity contribution in [2.24, 2.45) is 0 Å². The summed E-state index contributed by atoms with van der Waals surface area (Å²) in [6.45, 7) is 0. The van der Waals surface area contributed by atoms with Crippen molar-refractivity contribution in [1.82, 2.24) is 4.98 Å². The monoisotopic (exact) mass is 54.0 g/mol. The van der Waals surface area contributed by atoms with Gasteiger partial charge in [0, 0.05) is 0 Å². The predicted octanol–water partition coefficient (Wildman–Crippen LogP) is -0.563. The molecule has 0 amide bonds. The largest absolute Gasteiger partial charge is 0.282 e. The van der Waals surface area contributed by atoms with Crippen molar-refractivity contribution < 1.29 is 0 Å². The standard InChI is InChI=1S/C2H2N2/c3-2-1-4-2/h1,3H. The maximum atomic E-state index is 6.39. The van der Waals surface area contributed by atoms with Gasteiger partial charge in [-0.15, -0.1) is 0 Å². The van der Waals surface area contributed by atoms with Crippen LogP contribution >= 0.6 is 0 Å². The zero-order valence-corrected chi connectivity index (χ0v) is 2.02. The van der Waals surface area contributed by atoms with Gasteiger partial charge in [-0.1, -0.05) is 0 Å².